The predicted molar refractivity (Wildman–Crippen MR) is 113 cm³/mol. The van der Waals surface area contributed by atoms with Gasteiger partial charge in [0.1, 0.15) is 12.6 Å². The van der Waals surface area contributed by atoms with Gasteiger partial charge < -0.3 is 14.8 Å². The van der Waals surface area contributed by atoms with Gasteiger partial charge in [-0.1, -0.05) is 38.1 Å². The highest BCUT2D eigenvalue weighted by molar-refractivity contribution is 5.75. The standard InChI is InChI=1S/C22H35N3O5/c1-17(2)15-20(22(27)30-14-11-25-9-12-29-13-10-25)23-16-19-5-3-18(4-6-19)7-8-21(26)24-28/h3-6,17,20,23,28H,7-16H2,1-2H3,(H,24,26)/t20-/m1/s1. The van der Waals surface area contributed by atoms with E-state index in [1.54, 1.807) is 5.48 Å². The molecule has 0 saturated carbocycles. The zero-order valence-corrected chi connectivity index (χ0v) is 18.1. The van der Waals surface area contributed by atoms with Crippen LogP contribution in [0.4, 0.5) is 0 Å². The molecule has 2 rings (SSSR count). The van der Waals surface area contributed by atoms with E-state index in [4.69, 9.17) is 14.7 Å². The summed E-state index contributed by atoms with van der Waals surface area (Å²) >= 11 is 0. The number of ether oxygens (including phenoxy) is 2. The molecule has 0 bridgehead atoms. The van der Waals surface area contributed by atoms with Crippen LogP contribution in [0.1, 0.15) is 37.8 Å². The van der Waals surface area contributed by atoms with Crippen LogP contribution >= 0.6 is 0 Å². The summed E-state index contributed by atoms with van der Waals surface area (Å²) in [4.78, 5) is 26.0. The Labute approximate surface area is 178 Å². The molecule has 3 N–H and O–H groups in total. The van der Waals surface area contributed by atoms with Crippen molar-refractivity contribution in [1.82, 2.24) is 15.7 Å². The smallest absolute Gasteiger partial charge is 0.323 e. The molecule has 1 aromatic rings. The molecule has 1 aromatic carbocycles. The Kier molecular flexibility index (Phi) is 10.8. The van der Waals surface area contributed by atoms with Gasteiger partial charge in [-0.2, -0.15) is 0 Å². The van der Waals surface area contributed by atoms with Crippen molar-refractivity contribution >= 4 is 11.9 Å². The monoisotopic (exact) mass is 421 g/mol. The molecule has 1 aliphatic rings. The van der Waals surface area contributed by atoms with Gasteiger partial charge in [0.25, 0.3) is 0 Å². The van der Waals surface area contributed by atoms with E-state index in [0.29, 0.717) is 31.9 Å². The van der Waals surface area contributed by atoms with E-state index < -0.39 is 5.91 Å². The number of hydroxylamine groups is 1. The van der Waals surface area contributed by atoms with Crippen LogP contribution in [-0.2, 0) is 32.0 Å². The van der Waals surface area contributed by atoms with Gasteiger partial charge in [-0.3, -0.25) is 19.7 Å². The van der Waals surface area contributed by atoms with E-state index in [1.165, 1.54) is 0 Å². The summed E-state index contributed by atoms with van der Waals surface area (Å²) in [6, 6.07) is 7.53. The number of hydrogen-bond acceptors (Lipinski definition) is 7. The van der Waals surface area contributed by atoms with Crippen molar-refractivity contribution < 1.29 is 24.3 Å². The second-order valence-electron chi connectivity index (χ2n) is 8.04. The molecule has 8 nitrogen and oxygen atoms in total. The van der Waals surface area contributed by atoms with Gasteiger partial charge in [-0.05, 0) is 29.9 Å². The number of carbonyl (C=O) groups excluding carboxylic acids is 2. The third-order valence-corrected chi connectivity index (χ3v) is 5.09. The maximum atomic E-state index is 12.6. The van der Waals surface area contributed by atoms with Crippen molar-refractivity contribution in [3.05, 3.63) is 35.4 Å². The maximum absolute atomic E-state index is 12.6. The zero-order valence-electron chi connectivity index (χ0n) is 18.1. The second-order valence-corrected chi connectivity index (χ2v) is 8.04. The largest absolute Gasteiger partial charge is 0.463 e. The van der Waals surface area contributed by atoms with Crippen molar-refractivity contribution in [1.29, 1.82) is 0 Å². The number of carbonyl (C=O) groups is 2. The molecule has 1 amide bonds. The molecule has 1 saturated heterocycles. The molecule has 8 heteroatoms. The summed E-state index contributed by atoms with van der Waals surface area (Å²) in [6.45, 7) is 9.10. The van der Waals surface area contributed by atoms with Gasteiger partial charge in [0.05, 0.1) is 13.2 Å². The van der Waals surface area contributed by atoms with Gasteiger partial charge in [0.15, 0.2) is 0 Å². The molecule has 1 atom stereocenters. The van der Waals surface area contributed by atoms with Gasteiger partial charge >= 0.3 is 5.97 Å². The Hall–Kier alpha value is -2.00. The van der Waals surface area contributed by atoms with Gasteiger partial charge in [-0.25, -0.2) is 5.48 Å². The third-order valence-electron chi connectivity index (χ3n) is 5.09. The highest BCUT2D eigenvalue weighted by Crippen LogP contribution is 2.10. The van der Waals surface area contributed by atoms with E-state index in [0.717, 1.165) is 44.0 Å². The Morgan fingerprint density at radius 2 is 1.83 bits per heavy atom. The predicted octanol–water partition coefficient (Wildman–Crippen LogP) is 1.50. The lowest BCUT2D eigenvalue weighted by Crippen LogP contribution is -2.41. The van der Waals surface area contributed by atoms with Crippen molar-refractivity contribution in [2.45, 2.75) is 45.7 Å². The lowest BCUT2D eigenvalue weighted by molar-refractivity contribution is -0.147. The van der Waals surface area contributed by atoms with Crippen LogP contribution in [0.2, 0.25) is 0 Å². The molecule has 0 aromatic heterocycles. The molecule has 0 radical (unpaired) electrons. The topological polar surface area (TPSA) is 100 Å². The summed E-state index contributed by atoms with van der Waals surface area (Å²) in [5, 5.41) is 11.9. The molecular formula is C22H35N3O5. The number of amides is 1. The molecule has 0 aliphatic carbocycles. The van der Waals surface area contributed by atoms with Crippen LogP contribution in [0.5, 0.6) is 0 Å². The molecule has 30 heavy (non-hydrogen) atoms. The third kappa shape index (κ3) is 9.21. The average molecular weight is 422 g/mol. The number of aryl methyl sites for hydroxylation is 1. The van der Waals surface area contributed by atoms with E-state index in [9.17, 15) is 9.59 Å². The number of nitrogens with one attached hydrogen (secondary N) is 2. The second kappa shape index (κ2) is 13.3. The van der Waals surface area contributed by atoms with Crippen LogP contribution in [-0.4, -0.2) is 67.5 Å². The fourth-order valence-electron chi connectivity index (χ4n) is 3.31. The van der Waals surface area contributed by atoms with Crippen molar-refractivity contribution in [2.24, 2.45) is 5.92 Å². The summed E-state index contributed by atoms with van der Waals surface area (Å²) in [7, 11) is 0. The number of rotatable bonds is 12. The zero-order chi connectivity index (χ0) is 21.8. The molecule has 1 heterocycles. The van der Waals surface area contributed by atoms with Crippen LogP contribution < -0.4 is 10.8 Å². The van der Waals surface area contributed by atoms with Crippen LogP contribution in [0.15, 0.2) is 24.3 Å². The van der Waals surface area contributed by atoms with Crippen LogP contribution in [0.25, 0.3) is 0 Å². The Morgan fingerprint density at radius 3 is 2.47 bits per heavy atom. The first kappa shape index (κ1) is 24.3. The SMILES string of the molecule is CC(C)C[C@@H](NCc1ccc(CCC(=O)NO)cc1)C(=O)OCCN1CCOCC1. The summed E-state index contributed by atoms with van der Waals surface area (Å²) in [5.41, 5.74) is 3.71. The number of morpholine rings is 1. The van der Waals surface area contributed by atoms with Crippen molar-refractivity contribution in [3.8, 4) is 0 Å². The van der Waals surface area contributed by atoms with E-state index in [1.807, 2.05) is 24.3 Å². The van der Waals surface area contributed by atoms with Gasteiger partial charge in [0, 0.05) is 32.6 Å². The van der Waals surface area contributed by atoms with Crippen molar-refractivity contribution in [3.63, 3.8) is 0 Å². The number of hydrogen-bond donors (Lipinski definition) is 3. The fraction of sp³-hybridized carbons (Fsp3) is 0.636. The minimum atomic E-state index is -0.399. The molecule has 0 unspecified atom stereocenters. The molecule has 1 aliphatic heterocycles. The van der Waals surface area contributed by atoms with Gasteiger partial charge in [-0.15, -0.1) is 0 Å². The van der Waals surface area contributed by atoms with Crippen LogP contribution in [0, 0.1) is 5.92 Å². The Bertz CT molecular complexity index is 645. The summed E-state index contributed by atoms with van der Waals surface area (Å²) in [6.07, 6.45) is 1.51. The highest BCUT2D eigenvalue weighted by atomic mass is 16.5. The number of nitrogens with zero attached hydrogens (tertiary/aromatic N) is 1. The molecule has 168 valence electrons. The molecule has 1 fully saturated rings. The average Bonchev–Trinajstić information content (AvgIpc) is 2.76. The summed E-state index contributed by atoms with van der Waals surface area (Å²) in [5.74, 6) is -0.234. The fourth-order valence-corrected chi connectivity index (χ4v) is 3.31. The van der Waals surface area contributed by atoms with Crippen LogP contribution in [0.3, 0.4) is 0 Å². The van der Waals surface area contributed by atoms with E-state index >= 15 is 0 Å². The lowest BCUT2D eigenvalue weighted by Gasteiger charge is -2.26. The molecule has 0 spiro atoms. The normalized spacial score (nSPS) is 15.7. The first-order chi connectivity index (χ1) is 14.5. The van der Waals surface area contributed by atoms with E-state index in [2.05, 4.69) is 24.1 Å². The minimum absolute atomic E-state index is 0.205. The maximum Gasteiger partial charge on any atom is 0.323 e. The summed E-state index contributed by atoms with van der Waals surface area (Å²) < 4.78 is 10.9. The minimum Gasteiger partial charge on any atom is -0.463 e. The molecular weight excluding hydrogens is 386 g/mol. The first-order valence-electron chi connectivity index (χ1n) is 10.7. The first-order valence-corrected chi connectivity index (χ1v) is 10.7. The Morgan fingerprint density at radius 1 is 1.17 bits per heavy atom. The lowest BCUT2D eigenvalue weighted by atomic mass is 10.0. The highest BCUT2D eigenvalue weighted by Gasteiger charge is 2.21. The number of benzene rings is 1. The quantitative estimate of drug-likeness (QED) is 0.267. The van der Waals surface area contributed by atoms with Crippen molar-refractivity contribution in [2.75, 3.05) is 39.5 Å². The Balaban J connectivity index is 1.78. The van der Waals surface area contributed by atoms with Gasteiger partial charge in [0.2, 0.25) is 5.91 Å². The van der Waals surface area contributed by atoms with E-state index in [-0.39, 0.29) is 18.4 Å². The number of esters is 1.